The van der Waals surface area contributed by atoms with E-state index in [0.29, 0.717) is 12.1 Å². The van der Waals surface area contributed by atoms with Gasteiger partial charge in [0.05, 0.1) is 26.0 Å². The third-order valence-electron chi connectivity index (χ3n) is 5.30. The van der Waals surface area contributed by atoms with Crippen molar-refractivity contribution in [3.8, 4) is 17.6 Å². The summed E-state index contributed by atoms with van der Waals surface area (Å²) in [6.45, 7) is 3.76. The number of fused-ring (bicyclic) bond motifs is 1. The van der Waals surface area contributed by atoms with Crippen molar-refractivity contribution in [3.63, 3.8) is 0 Å². The van der Waals surface area contributed by atoms with Crippen LogP contribution in [0.2, 0.25) is 0 Å². The summed E-state index contributed by atoms with van der Waals surface area (Å²) < 4.78 is 59.3. The second-order valence-corrected chi connectivity index (χ2v) is 12.4. The van der Waals surface area contributed by atoms with Crippen LogP contribution in [0.5, 0.6) is 5.75 Å². The van der Waals surface area contributed by atoms with Gasteiger partial charge in [-0.05, 0) is 39.2 Å². The van der Waals surface area contributed by atoms with Crippen LogP contribution < -0.4 is 4.74 Å². The van der Waals surface area contributed by atoms with Crippen molar-refractivity contribution in [2.24, 2.45) is 5.92 Å². The number of nitrogens with zero attached hydrogens (tertiary/aromatic N) is 3. The highest BCUT2D eigenvalue weighted by atomic mass is 32.2. The first-order chi connectivity index (χ1) is 14.8. The molecule has 0 saturated heterocycles. The van der Waals surface area contributed by atoms with Crippen LogP contribution in [0.15, 0.2) is 23.1 Å². The van der Waals surface area contributed by atoms with E-state index in [2.05, 4.69) is 11.8 Å². The van der Waals surface area contributed by atoms with Crippen molar-refractivity contribution in [2.75, 3.05) is 53.6 Å². The van der Waals surface area contributed by atoms with Gasteiger partial charge < -0.3 is 9.84 Å². The Hall–Kier alpha value is -1.68. The molecular formula is C21H33N3O6S2. The Kier molecular flexibility index (Phi) is 8.72. The van der Waals surface area contributed by atoms with Crippen LogP contribution >= 0.6 is 0 Å². The molecule has 1 heterocycles. The molecule has 1 aromatic rings. The standard InChI is InChI=1S/C21H33N3O6S2/c1-16-13-24(17(2)15-25)32(28,29)21-10-9-18(8-7-11-22(3)4)12-19(21)30-20(16)14-23(5)31(6,26)27/h9-10,12,16-17,20,25H,11,13-15H2,1-6H3/t16-,17-,20-/m1/s1. The van der Waals surface area contributed by atoms with E-state index in [9.17, 15) is 21.9 Å². The number of ether oxygens (including phenoxy) is 1. The first kappa shape index (κ1) is 26.6. The maximum Gasteiger partial charge on any atom is 0.247 e. The molecule has 180 valence electrons. The summed E-state index contributed by atoms with van der Waals surface area (Å²) in [4.78, 5) is 1.88. The molecule has 0 amide bonds. The third kappa shape index (κ3) is 6.43. The minimum absolute atomic E-state index is 0.0325. The molecule has 1 aliphatic heterocycles. The highest BCUT2D eigenvalue weighted by Gasteiger charge is 2.38. The van der Waals surface area contributed by atoms with Gasteiger partial charge in [-0.3, -0.25) is 4.90 Å². The molecule has 32 heavy (non-hydrogen) atoms. The fraction of sp³-hybridized carbons (Fsp3) is 0.619. The molecular weight excluding hydrogens is 454 g/mol. The summed E-state index contributed by atoms with van der Waals surface area (Å²) in [5.74, 6) is 5.78. The van der Waals surface area contributed by atoms with E-state index in [1.807, 2.05) is 19.0 Å². The zero-order valence-electron chi connectivity index (χ0n) is 19.4. The number of likely N-dealkylation sites (N-methyl/N-ethyl adjacent to an activating group) is 1. The van der Waals surface area contributed by atoms with Crippen molar-refractivity contribution in [1.29, 1.82) is 0 Å². The lowest BCUT2D eigenvalue weighted by atomic mass is 10.0. The molecule has 1 aromatic carbocycles. The zero-order valence-corrected chi connectivity index (χ0v) is 21.1. The average Bonchev–Trinajstić information content (AvgIpc) is 2.68. The highest BCUT2D eigenvalue weighted by molar-refractivity contribution is 7.89. The van der Waals surface area contributed by atoms with Crippen molar-refractivity contribution < 1.29 is 26.7 Å². The highest BCUT2D eigenvalue weighted by Crippen LogP contribution is 2.34. The zero-order chi connectivity index (χ0) is 24.3. The molecule has 1 N–H and O–H groups in total. The van der Waals surface area contributed by atoms with E-state index in [1.54, 1.807) is 26.0 Å². The van der Waals surface area contributed by atoms with Crippen LogP contribution in [0.25, 0.3) is 0 Å². The summed E-state index contributed by atoms with van der Waals surface area (Å²) >= 11 is 0. The molecule has 9 nitrogen and oxygen atoms in total. The quantitative estimate of drug-likeness (QED) is 0.574. The van der Waals surface area contributed by atoms with Gasteiger partial charge in [-0.2, -0.15) is 4.31 Å². The van der Waals surface area contributed by atoms with Gasteiger partial charge in [0.1, 0.15) is 16.7 Å². The largest absolute Gasteiger partial charge is 0.487 e. The predicted molar refractivity (Wildman–Crippen MR) is 123 cm³/mol. The molecule has 0 bridgehead atoms. The second-order valence-electron chi connectivity index (χ2n) is 8.48. The topological polar surface area (TPSA) is 107 Å². The lowest BCUT2D eigenvalue weighted by molar-refractivity contribution is 0.0905. The molecule has 0 spiro atoms. The van der Waals surface area contributed by atoms with Crippen LogP contribution in [-0.2, 0) is 20.0 Å². The number of hydrogen-bond donors (Lipinski definition) is 1. The van der Waals surface area contributed by atoms with E-state index in [-0.39, 0.29) is 36.3 Å². The molecule has 2 rings (SSSR count). The number of aliphatic hydroxyl groups is 1. The molecule has 0 radical (unpaired) electrons. The Morgan fingerprint density at radius 2 is 1.97 bits per heavy atom. The monoisotopic (exact) mass is 487 g/mol. The number of aliphatic hydroxyl groups excluding tert-OH is 1. The van der Waals surface area contributed by atoms with E-state index < -0.39 is 32.2 Å². The summed E-state index contributed by atoms with van der Waals surface area (Å²) in [6, 6.07) is 3.99. The average molecular weight is 488 g/mol. The van der Waals surface area contributed by atoms with Crippen molar-refractivity contribution in [3.05, 3.63) is 23.8 Å². The first-order valence-electron chi connectivity index (χ1n) is 10.3. The van der Waals surface area contributed by atoms with E-state index >= 15 is 0 Å². The van der Waals surface area contributed by atoms with Crippen LogP contribution in [0.4, 0.5) is 0 Å². The van der Waals surface area contributed by atoms with Gasteiger partial charge in [0.2, 0.25) is 20.0 Å². The smallest absolute Gasteiger partial charge is 0.247 e. The molecule has 3 atom stereocenters. The second kappa shape index (κ2) is 10.5. The maximum absolute atomic E-state index is 13.4. The van der Waals surface area contributed by atoms with Gasteiger partial charge in [0.25, 0.3) is 0 Å². The molecule has 0 saturated carbocycles. The Bertz CT molecular complexity index is 1080. The molecule has 0 aliphatic carbocycles. The molecule has 0 unspecified atom stereocenters. The Balaban J connectivity index is 2.59. The number of hydrogen-bond acceptors (Lipinski definition) is 7. The van der Waals surface area contributed by atoms with E-state index in [1.165, 1.54) is 21.7 Å². The van der Waals surface area contributed by atoms with Crippen LogP contribution in [0.3, 0.4) is 0 Å². The predicted octanol–water partition coefficient (Wildman–Crippen LogP) is 0.260. The molecule has 11 heteroatoms. The summed E-state index contributed by atoms with van der Waals surface area (Å²) in [5, 5.41) is 9.67. The molecule has 0 fully saturated rings. The van der Waals surface area contributed by atoms with E-state index in [4.69, 9.17) is 4.74 Å². The summed E-state index contributed by atoms with van der Waals surface area (Å²) in [7, 11) is -2.17. The summed E-state index contributed by atoms with van der Waals surface area (Å²) in [6.07, 6.45) is 0.500. The van der Waals surface area contributed by atoms with Crippen LogP contribution in [0, 0.1) is 17.8 Å². The van der Waals surface area contributed by atoms with Gasteiger partial charge in [-0.15, -0.1) is 0 Å². The van der Waals surface area contributed by atoms with Gasteiger partial charge in [-0.25, -0.2) is 21.1 Å². The minimum Gasteiger partial charge on any atom is -0.487 e. The number of rotatable bonds is 6. The number of benzene rings is 1. The Labute approximate surface area is 192 Å². The van der Waals surface area contributed by atoms with Crippen molar-refractivity contribution >= 4 is 20.0 Å². The SMILES string of the molecule is C[C@@H]1CN([C@H](C)CO)S(=O)(=O)c2ccc(C#CCN(C)C)cc2O[C@@H]1CN(C)S(C)(=O)=O. The lowest BCUT2D eigenvalue weighted by Gasteiger charge is -2.37. The van der Waals surface area contributed by atoms with Crippen LogP contribution in [-0.4, -0.2) is 101 Å². The van der Waals surface area contributed by atoms with Gasteiger partial charge in [-0.1, -0.05) is 18.8 Å². The normalized spacial score (nSPS) is 22.3. The Morgan fingerprint density at radius 3 is 2.53 bits per heavy atom. The van der Waals surface area contributed by atoms with Gasteiger partial charge >= 0.3 is 0 Å². The van der Waals surface area contributed by atoms with Crippen LogP contribution in [0.1, 0.15) is 19.4 Å². The van der Waals surface area contributed by atoms with E-state index in [0.717, 1.165) is 6.26 Å². The van der Waals surface area contributed by atoms with Crippen molar-refractivity contribution in [2.45, 2.75) is 30.9 Å². The van der Waals surface area contributed by atoms with Crippen molar-refractivity contribution in [1.82, 2.24) is 13.5 Å². The Morgan fingerprint density at radius 1 is 1.31 bits per heavy atom. The molecule has 1 aliphatic rings. The number of sulfonamides is 2. The maximum atomic E-state index is 13.4. The van der Waals surface area contributed by atoms with Gasteiger partial charge in [0.15, 0.2) is 0 Å². The third-order valence-corrected chi connectivity index (χ3v) is 8.60. The fourth-order valence-corrected chi connectivity index (χ4v) is 5.45. The minimum atomic E-state index is -3.96. The molecule has 0 aromatic heterocycles. The summed E-state index contributed by atoms with van der Waals surface area (Å²) in [5.41, 5.74) is 0.589. The lowest BCUT2D eigenvalue weighted by Crippen LogP contribution is -2.50. The fourth-order valence-electron chi connectivity index (χ4n) is 3.21. The van der Waals surface area contributed by atoms with Gasteiger partial charge in [0, 0.05) is 31.1 Å². The first-order valence-corrected chi connectivity index (χ1v) is 13.5.